The third-order valence-corrected chi connectivity index (χ3v) is 7.96. The smallest absolute Gasteiger partial charge is 0.254 e. The summed E-state index contributed by atoms with van der Waals surface area (Å²) < 4.78 is 5.43. The molecule has 0 saturated carbocycles. The second kappa shape index (κ2) is 10.9. The average molecular weight is 515 g/mol. The summed E-state index contributed by atoms with van der Waals surface area (Å²) in [7, 11) is 0. The SMILES string of the molecule is O=C(c1ccc(CN2CCC3(CCN(Cc4ncco4)CC3)C2)cc1)N(Cc1ncc[nH]1)Cc1ncc[nH]1. The van der Waals surface area contributed by atoms with E-state index in [1.54, 1.807) is 42.1 Å². The van der Waals surface area contributed by atoms with Crippen LogP contribution in [0.15, 0.2) is 65.9 Å². The molecule has 0 bridgehead atoms. The number of nitrogens with one attached hydrogen (secondary N) is 2. The number of benzene rings is 1. The third-order valence-electron chi connectivity index (χ3n) is 7.96. The number of imidazole rings is 2. The van der Waals surface area contributed by atoms with Crippen molar-refractivity contribution in [2.45, 2.75) is 45.4 Å². The second-order valence-corrected chi connectivity index (χ2v) is 10.6. The first kappa shape index (κ1) is 24.6. The Morgan fingerprint density at radius 2 is 1.53 bits per heavy atom. The van der Waals surface area contributed by atoms with Crippen molar-refractivity contribution >= 4 is 5.91 Å². The van der Waals surface area contributed by atoms with E-state index >= 15 is 0 Å². The maximum absolute atomic E-state index is 13.4. The van der Waals surface area contributed by atoms with Crippen LogP contribution >= 0.6 is 0 Å². The van der Waals surface area contributed by atoms with E-state index in [-0.39, 0.29) is 5.91 Å². The minimum atomic E-state index is -0.0408. The highest BCUT2D eigenvalue weighted by atomic mass is 16.3. The van der Waals surface area contributed by atoms with Crippen molar-refractivity contribution in [2.75, 3.05) is 26.2 Å². The van der Waals surface area contributed by atoms with Crippen LogP contribution in [-0.4, -0.2) is 71.7 Å². The third kappa shape index (κ3) is 5.71. The molecule has 6 rings (SSSR count). The molecule has 2 aliphatic rings. The Kier molecular flexibility index (Phi) is 7.06. The van der Waals surface area contributed by atoms with Crippen LogP contribution in [0.3, 0.4) is 0 Å². The van der Waals surface area contributed by atoms with Crippen LogP contribution in [0, 0.1) is 5.41 Å². The molecule has 2 aliphatic heterocycles. The van der Waals surface area contributed by atoms with Gasteiger partial charge in [0.1, 0.15) is 17.9 Å². The van der Waals surface area contributed by atoms with Crippen LogP contribution < -0.4 is 0 Å². The summed E-state index contributed by atoms with van der Waals surface area (Å²) in [4.78, 5) is 39.2. The number of carbonyl (C=O) groups is 1. The lowest BCUT2D eigenvalue weighted by Gasteiger charge is -2.39. The van der Waals surface area contributed by atoms with Crippen molar-refractivity contribution in [1.29, 1.82) is 0 Å². The molecule has 10 heteroatoms. The van der Waals surface area contributed by atoms with Crippen molar-refractivity contribution in [3.05, 3.63) is 90.2 Å². The number of piperidine rings is 1. The van der Waals surface area contributed by atoms with Gasteiger partial charge in [-0.3, -0.25) is 14.6 Å². The highest BCUT2D eigenvalue weighted by Crippen LogP contribution is 2.41. The van der Waals surface area contributed by atoms with E-state index in [1.165, 1.54) is 24.8 Å². The predicted molar refractivity (Wildman–Crippen MR) is 141 cm³/mol. The van der Waals surface area contributed by atoms with E-state index in [9.17, 15) is 4.79 Å². The number of oxazole rings is 1. The molecule has 2 fully saturated rings. The Labute approximate surface area is 222 Å². The van der Waals surface area contributed by atoms with Crippen LogP contribution in [0.25, 0.3) is 0 Å². The topological polar surface area (TPSA) is 110 Å². The number of aromatic nitrogens is 5. The summed E-state index contributed by atoms with van der Waals surface area (Å²) in [6, 6.07) is 8.08. The quantitative estimate of drug-likeness (QED) is 0.352. The van der Waals surface area contributed by atoms with Crippen molar-refractivity contribution in [2.24, 2.45) is 5.41 Å². The molecule has 10 nitrogen and oxygen atoms in total. The fraction of sp³-hybridized carbons (Fsp3) is 0.429. The number of aromatic amines is 2. The molecule has 1 amide bonds. The summed E-state index contributed by atoms with van der Waals surface area (Å²) in [5.41, 5.74) is 2.33. The van der Waals surface area contributed by atoms with Gasteiger partial charge in [0.2, 0.25) is 5.89 Å². The number of nitrogens with zero attached hydrogens (tertiary/aromatic N) is 6. The van der Waals surface area contributed by atoms with E-state index in [2.05, 4.69) is 46.9 Å². The maximum atomic E-state index is 13.4. The van der Waals surface area contributed by atoms with Gasteiger partial charge in [0, 0.05) is 43.4 Å². The van der Waals surface area contributed by atoms with Crippen LogP contribution in [-0.2, 0) is 26.2 Å². The zero-order valence-electron chi connectivity index (χ0n) is 21.6. The summed E-state index contributed by atoms with van der Waals surface area (Å²) >= 11 is 0. The first-order valence-electron chi connectivity index (χ1n) is 13.3. The number of likely N-dealkylation sites (tertiary alicyclic amines) is 2. The van der Waals surface area contributed by atoms with Gasteiger partial charge in [-0.25, -0.2) is 15.0 Å². The fourth-order valence-corrected chi connectivity index (χ4v) is 5.80. The monoisotopic (exact) mass is 514 g/mol. The summed E-state index contributed by atoms with van der Waals surface area (Å²) in [6.07, 6.45) is 14.0. The number of carbonyl (C=O) groups excluding carboxylic acids is 1. The molecule has 0 atom stereocenters. The molecule has 0 aliphatic carbocycles. The highest BCUT2D eigenvalue weighted by molar-refractivity contribution is 5.94. The Bertz CT molecular complexity index is 1240. The molecular weight excluding hydrogens is 480 g/mol. The van der Waals surface area contributed by atoms with Gasteiger partial charge in [0.15, 0.2) is 0 Å². The average Bonchev–Trinajstić information content (AvgIpc) is 3.76. The van der Waals surface area contributed by atoms with E-state index in [1.807, 2.05) is 12.1 Å². The molecule has 5 heterocycles. The van der Waals surface area contributed by atoms with Crippen LogP contribution in [0.2, 0.25) is 0 Å². The molecule has 3 aromatic heterocycles. The normalized spacial score (nSPS) is 17.8. The largest absolute Gasteiger partial charge is 0.448 e. The van der Waals surface area contributed by atoms with Gasteiger partial charge in [0.25, 0.3) is 5.91 Å². The van der Waals surface area contributed by atoms with Gasteiger partial charge in [0.05, 0.1) is 25.8 Å². The first-order chi connectivity index (χ1) is 18.6. The minimum absolute atomic E-state index is 0.0408. The number of hydrogen-bond donors (Lipinski definition) is 2. The molecule has 4 aromatic rings. The molecule has 1 aromatic carbocycles. The van der Waals surface area contributed by atoms with E-state index in [0.717, 1.165) is 56.8 Å². The van der Waals surface area contributed by atoms with E-state index in [4.69, 9.17) is 4.42 Å². The molecule has 38 heavy (non-hydrogen) atoms. The van der Waals surface area contributed by atoms with Gasteiger partial charge in [-0.15, -0.1) is 0 Å². The van der Waals surface area contributed by atoms with Gasteiger partial charge < -0.3 is 19.3 Å². The van der Waals surface area contributed by atoms with Crippen molar-refractivity contribution in [3.63, 3.8) is 0 Å². The molecule has 2 N–H and O–H groups in total. The molecule has 0 radical (unpaired) electrons. The lowest BCUT2D eigenvalue weighted by atomic mass is 9.78. The first-order valence-corrected chi connectivity index (χ1v) is 13.3. The molecule has 0 unspecified atom stereocenters. The molecule has 198 valence electrons. The fourth-order valence-electron chi connectivity index (χ4n) is 5.80. The van der Waals surface area contributed by atoms with Gasteiger partial charge in [-0.2, -0.15) is 0 Å². The summed E-state index contributed by atoms with van der Waals surface area (Å²) in [6.45, 7) is 6.95. The number of H-pyrrole nitrogens is 2. The zero-order valence-corrected chi connectivity index (χ0v) is 21.6. The Hall–Kier alpha value is -3.76. The Morgan fingerprint density at radius 3 is 2.11 bits per heavy atom. The lowest BCUT2D eigenvalue weighted by Crippen LogP contribution is -2.41. The summed E-state index contributed by atoms with van der Waals surface area (Å²) in [5, 5.41) is 0. The standard InChI is InChI=1S/C28H34N8O2/c37-27(36(18-24-29-8-9-30-24)19-25-31-10-11-32-25)23-3-1-22(2-4-23)17-35-15-7-28(21-35)5-13-34(14-6-28)20-26-33-12-16-38-26/h1-4,8-12,16H,5-7,13-15,17-21H2,(H,29,30)(H,31,32). The number of amides is 1. The highest BCUT2D eigenvalue weighted by Gasteiger charge is 2.40. The van der Waals surface area contributed by atoms with Gasteiger partial charge in [-0.05, 0) is 62.0 Å². The van der Waals surface area contributed by atoms with Crippen molar-refractivity contribution in [1.82, 2.24) is 39.6 Å². The minimum Gasteiger partial charge on any atom is -0.448 e. The molecule has 2 saturated heterocycles. The van der Waals surface area contributed by atoms with E-state index in [0.29, 0.717) is 24.1 Å². The molecule has 1 spiro atoms. The Balaban J connectivity index is 1.04. The predicted octanol–water partition coefficient (Wildman–Crippen LogP) is 3.45. The lowest BCUT2D eigenvalue weighted by molar-refractivity contribution is 0.0721. The van der Waals surface area contributed by atoms with Gasteiger partial charge in [-0.1, -0.05) is 12.1 Å². The number of hydrogen-bond acceptors (Lipinski definition) is 7. The zero-order chi connectivity index (χ0) is 25.8. The number of rotatable bonds is 9. The summed E-state index contributed by atoms with van der Waals surface area (Å²) in [5.74, 6) is 2.25. The van der Waals surface area contributed by atoms with Crippen LogP contribution in [0.5, 0.6) is 0 Å². The molecular formula is C28H34N8O2. The van der Waals surface area contributed by atoms with Gasteiger partial charge >= 0.3 is 0 Å². The Morgan fingerprint density at radius 1 is 0.868 bits per heavy atom. The van der Waals surface area contributed by atoms with E-state index < -0.39 is 0 Å². The van der Waals surface area contributed by atoms with Crippen molar-refractivity contribution in [3.8, 4) is 0 Å². The second-order valence-electron chi connectivity index (χ2n) is 10.6. The van der Waals surface area contributed by atoms with Crippen molar-refractivity contribution < 1.29 is 9.21 Å². The van der Waals surface area contributed by atoms with Crippen LogP contribution in [0.4, 0.5) is 0 Å². The maximum Gasteiger partial charge on any atom is 0.254 e. The van der Waals surface area contributed by atoms with Crippen LogP contribution in [0.1, 0.15) is 52.7 Å².